The van der Waals surface area contributed by atoms with Gasteiger partial charge >= 0.3 is 6.16 Å². The predicted octanol–water partition coefficient (Wildman–Crippen LogP) is 4.01. The van der Waals surface area contributed by atoms with E-state index in [0.29, 0.717) is 5.75 Å². The van der Waals surface area contributed by atoms with E-state index in [1.807, 2.05) is 19.9 Å². The summed E-state index contributed by atoms with van der Waals surface area (Å²) in [5.41, 5.74) is 4.46. The SMILES string of the molecule is CCCCc1cc(OC(=O)O)c(C)c(C)c1C. The summed E-state index contributed by atoms with van der Waals surface area (Å²) in [4.78, 5) is 10.6. The van der Waals surface area contributed by atoms with Crippen LogP contribution in [-0.2, 0) is 6.42 Å². The van der Waals surface area contributed by atoms with Crippen molar-refractivity contribution >= 4 is 6.16 Å². The maximum absolute atomic E-state index is 10.6. The number of carboxylic acid groups (broad SMARTS) is 1. The van der Waals surface area contributed by atoms with Crippen molar-refractivity contribution in [2.45, 2.75) is 47.0 Å². The first-order chi connectivity index (χ1) is 7.97. The van der Waals surface area contributed by atoms with Crippen LogP contribution in [0.4, 0.5) is 4.79 Å². The maximum atomic E-state index is 10.6. The van der Waals surface area contributed by atoms with E-state index in [1.165, 1.54) is 11.1 Å². The third-order valence-electron chi connectivity index (χ3n) is 3.28. The number of rotatable bonds is 4. The van der Waals surface area contributed by atoms with Gasteiger partial charge in [0.1, 0.15) is 5.75 Å². The predicted molar refractivity (Wildman–Crippen MR) is 67.9 cm³/mol. The van der Waals surface area contributed by atoms with Gasteiger partial charge in [0, 0.05) is 0 Å². The fourth-order valence-corrected chi connectivity index (χ4v) is 1.91. The normalized spacial score (nSPS) is 10.4. The van der Waals surface area contributed by atoms with Crippen LogP contribution < -0.4 is 4.74 Å². The fourth-order valence-electron chi connectivity index (χ4n) is 1.91. The van der Waals surface area contributed by atoms with Crippen LogP contribution >= 0.6 is 0 Å². The third kappa shape index (κ3) is 3.22. The Morgan fingerprint density at radius 1 is 1.24 bits per heavy atom. The van der Waals surface area contributed by atoms with Crippen molar-refractivity contribution in [2.75, 3.05) is 0 Å². The first kappa shape index (κ1) is 13.6. The lowest BCUT2D eigenvalue weighted by Crippen LogP contribution is -2.07. The van der Waals surface area contributed by atoms with Crippen molar-refractivity contribution in [3.05, 3.63) is 28.3 Å². The quantitative estimate of drug-likeness (QED) is 0.634. The van der Waals surface area contributed by atoms with E-state index in [4.69, 9.17) is 9.84 Å². The Labute approximate surface area is 102 Å². The number of unbranched alkanes of at least 4 members (excludes halogenated alkanes) is 1. The third-order valence-corrected chi connectivity index (χ3v) is 3.28. The lowest BCUT2D eigenvalue weighted by molar-refractivity contribution is 0.144. The van der Waals surface area contributed by atoms with Crippen molar-refractivity contribution in [2.24, 2.45) is 0 Å². The molecule has 3 heteroatoms. The van der Waals surface area contributed by atoms with Crippen LogP contribution in [0.25, 0.3) is 0 Å². The molecular formula is C14H20O3. The summed E-state index contributed by atoms with van der Waals surface area (Å²) >= 11 is 0. The molecule has 0 aliphatic carbocycles. The molecule has 1 aromatic carbocycles. The number of benzene rings is 1. The molecular weight excluding hydrogens is 216 g/mol. The van der Waals surface area contributed by atoms with Gasteiger partial charge in [-0.15, -0.1) is 0 Å². The highest BCUT2D eigenvalue weighted by Gasteiger charge is 2.12. The van der Waals surface area contributed by atoms with Gasteiger partial charge in [-0.3, -0.25) is 0 Å². The first-order valence-electron chi connectivity index (χ1n) is 5.97. The molecule has 0 aliphatic rings. The Balaban J connectivity index is 3.14. The molecule has 3 nitrogen and oxygen atoms in total. The van der Waals surface area contributed by atoms with Crippen molar-refractivity contribution < 1.29 is 14.6 Å². The molecule has 0 fully saturated rings. The Morgan fingerprint density at radius 2 is 1.88 bits per heavy atom. The lowest BCUT2D eigenvalue weighted by Gasteiger charge is -2.14. The molecule has 0 saturated heterocycles. The molecule has 0 atom stereocenters. The Morgan fingerprint density at radius 3 is 2.41 bits per heavy atom. The van der Waals surface area contributed by atoms with E-state index in [1.54, 1.807) is 0 Å². The van der Waals surface area contributed by atoms with Crippen molar-refractivity contribution in [3.63, 3.8) is 0 Å². The Hall–Kier alpha value is -1.51. The first-order valence-corrected chi connectivity index (χ1v) is 5.97. The molecule has 1 aromatic rings. The molecule has 1 N–H and O–H groups in total. The summed E-state index contributed by atoms with van der Waals surface area (Å²) < 4.78 is 4.82. The zero-order valence-electron chi connectivity index (χ0n) is 11.0. The van der Waals surface area contributed by atoms with E-state index in [0.717, 1.165) is 30.4 Å². The van der Waals surface area contributed by atoms with Crippen LogP contribution in [0.2, 0.25) is 0 Å². The van der Waals surface area contributed by atoms with Crippen LogP contribution in [0.1, 0.15) is 42.0 Å². The van der Waals surface area contributed by atoms with Gasteiger partial charge in [-0.1, -0.05) is 13.3 Å². The molecule has 17 heavy (non-hydrogen) atoms. The van der Waals surface area contributed by atoms with Crippen molar-refractivity contribution in [3.8, 4) is 5.75 Å². The van der Waals surface area contributed by atoms with Crippen molar-refractivity contribution in [1.29, 1.82) is 0 Å². The maximum Gasteiger partial charge on any atom is 0.511 e. The van der Waals surface area contributed by atoms with Crippen LogP contribution in [0.3, 0.4) is 0 Å². The molecule has 1 rings (SSSR count). The zero-order valence-corrected chi connectivity index (χ0v) is 11.0. The average molecular weight is 236 g/mol. The number of ether oxygens (including phenoxy) is 1. The largest absolute Gasteiger partial charge is 0.511 e. The highest BCUT2D eigenvalue weighted by Crippen LogP contribution is 2.28. The highest BCUT2D eigenvalue weighted by atomic mass is 16.7. The standard InChI is InChI=1S/C14H20O3/c1-5-6-7-12-8-13(17-14(15)16)11(4)9(2)10(12)3/h8H,5-7H2,1-4H3,(H,15,16). The second kappa shape index (κ2) is 5.71. The highest BCUT2D eigenvalue weighted by molar-refractivity contribution is 5.63. The van der Waals surface area contributed by atoms with Gasteiger partial charge in [0.2, 0.25) is 0 Å². The molecule has 0 aromatic heterocycles. The minimum atomic E-state index is -1.25. The van der Waals surface area contributed by atoms with Crippen LogP contribution in [0.15, 0.2) is 6.07 Å². The smallest absolute Gasteiger partial charge is 0.449 e. The van der Waals surface area contributed by atoms with Crippen LogP contribution in [0, 0.1) is 20.8 Å². The summed E-state index contributed by atoms with van der Waals surface area (Å²) in [6, 6.07) is 1.86. The zero-order chi connectivity index (χ0) is 13.0. The summed E-state index contributed by atoms with van der Waals surface area (Å²) in [7, 11) is 0. The number of hydrogen-bond acceptors (Lipinski definition) is 2. The van der Waals surface area contributed by atoms with Crippen LogP contribution in [-0.4, -0.2) is 11.3 Å². The molecule has 0 radical (unpaired) electrons. The number of aryl methyl sites for hydroxylation is 1. The van der Waals surface area contributed by atoms with Gasteiger partial charge < -0.3 is 9.84 Å². The topological polar surface area (TPSA) is 46.5 Å². The van der Waals surface area contributed by atoms with E-state index in [2.05, 4.69) is 13.8 Å². The molecule has 0 saturated carbocycles. The van der Waals surface area contributed by atoms with E-state index in [-0.39, 0.29) is 0 Å². The minimum absolute atomic E-state index is 0.465. The molecule has 0 amide bonds. The summed E-state index contributed by atoms with van der Waals surface area (Å²) in [5, 5.41) is 8.70. The summed E-state index contributed by atoms with van der Waals surface area (Å²) in [5.74, 6) is 0.465. The number of hydrogen-bond donors (Lipinski definition) is 1. The molecule has 0 spiro atoms. The summed E-state index contributed by atoms with van der Waals surface area (Å²) in [6.07, 6.45) is 1.95. The second-order valence-electron chi connectivity index (χ2n) is 4.38. The minimum Gasteiger partial charge on any atom is -0.449 e. The van der Waals surface area contributed by atoms with Gasteiger partial charge in [-0.25, -0.2) is 4.79 Å². The van der Waals surface area contributed by atoms with E-state index >= 15 is 0 Å². The molecule has 0 bridgehead atoms. The van der Waals surface area contributed by atoms with E-state index in [9.17, 15) is 4.79 Å². The Bertz CT molecular complexity index is 422. The molecule has 94 valence electrons. The van der Waals surface area contributed by atoms with Gasteiger partial charge in [-0.2, -0.15) is 0 Å². The second-order valence-corrected chi connectivity index (χ2v) is 4.38. The Kier molecular flexibility index (Phi) is 4.55. The van der Waals surface area contributed by atoms with Crippen molar-refractivity contribution in [1.82, 2.24) is 0 Å². The molecule has 0 heterocycles. The van der Waals surface area contributed by atoms with Crippen LogP contribution in [0.5, 0.6) is 5.75 Å². The summed E-state index contributed by atoms with van der Waals surface area (Å²) in [6.45, 7) is 8.13. The van der Waals surface area contributed by atoms with Gasteiger partial charge in [0.25, 0.3) is 0 Å². The average Bonchev–Trinajstić information content (AvgIpc) is 2.28. The molecule has 0 unspecified atom stereocenters. The van der Waals surface area contributed by atoms with Gasteiger partial charge in [-0.05, 0) is 61.9 Å². The monoisotopic (exact) mass is 236 g/mol. The molecule has 0 aliphatic heterocycles. The van der Waals surface area contributed by atoms with Gasteiger partial charge in [0.05, 0.1) is 0 Å². The number of carbonyl (C=O) groups is 1. The fraction of sp³-hybridized carbons (Fsp3) is 0.500. The lowest BCUT2D eigenvalue weighted by atomic mass is 9.95. The van der Waals surface area contributed by atoms with Gasteiger partial charge in [0.15, 0.2) is 0 Å². The van der Waals surface area contributed by atoms with E-state index < -0.39 is 6.16 Å².